The Kier molecular flexibility index (Phi) is 14.9. The monoisotopic (exact) mass is 989 g/mol. The Morgan fingerprint density at radius 2 is 1.17 bits per heavy atom. The molecule has 48 heavy (non-hydrogen) atoms. The molecule has 2 aromatic heterocycles. The Hall–Kier alpha value is -3.92. The molecule has 6 heteroatoms. The Labute approximate surface area is 313 Å². The summed E-state index contributed by atoms with van der Waals surface area (Å²) >= 11 is 0. The van der Waals surface area contributed by atoms with E-state index in [1.807, 2.05) is 62.5 Å². The van der Waals surface area contributed by atoms with E-state index in [2.05, 4.69) is 150 Å². The van der Waals surface area contributed by atoms with Crippen LogP contribution in [0.1, 0.15) is 64.5 Å². The zero-order valence-electron chi connectivity index (χ0n) is 28.4. The summed E-state index contributed by atoms with van der Waals surface area (Å²) in [5.41, 5.74) is 9.54. The minimum atomic E-state index is 0. The number of para-hydroxylation sites is 5. The molecule has 0 unspecified atom stereocenters. The molecular formula is C42H43Ir2N4-. The van der Waals surface area contributed by atoms with Gasteiger partial charge < -0.3 is 4.57 Å². The van der Waals surface area contributed by atoms with Crippen LogP contribution >= 0.6 is 0 Å². The van der Waals surface area contributed by atoms with E-state index in [0.717, 1.165) is 22.8 Å². The minimum Gasteiger partial charge on any atom is -0.340 e. The summed E-state index contributed by atoms with van der Waals surface area (Å²) in [6.07, 6.45) is 6.05. The second-order valence-corrected chi connectivity index (χ2v) is 11.4. The van der Waals surface area contributed by atoms with Gasteiger partial charge in [0.25, 0.3) is 0 Å². The van der Waals surface area contributed by atoms with Crippen molar-refractivity contribution in [3.63, 3.8) is 0 Å². The number of benzene rings is 5. The Bertz CT molecular complexity index is 1860. The van der Waals surface area contributed by atoms with Crippen molar-refractivity contribution in [2.24, 2.45) is 0 Å². The van der Waals surface area contributed by atoms with E-state index in [1.54, 1.807) is 0 Å². The molecule has 5 aromatic carbocycles. The van der Waals surface area contributed by atoms with Crippen LogP contribution in [0.15, 0.2) is 140 Å². The SMILES string of the molecule is CC.CC(C)c1cccc(C(C)C)c1-n1ccnc1-c1[c-]cccc1.[Ir].[Ir].[c-]1ccccc1-n1[cH+]n(-c2ccccc2)c2ccccc21. The second kappa shape index (κ2) is 18.6. The molecule has 4 nitrogen and oxygen atoms in total. The Morgan fingerprint density at radius 3 is 1.73 bits per heavy atom. The largest absolute Gasteiger partial charge is 0.340 e. The summed E-state index contributed by atoms with van der Waals surface area (Å²) < 4.78 is 6.59. The third-order valence-electron chi connectivity index (χ3n) is 7.79. The molecular weight excluding hydrogens is 945 g/mol. The van der Waals surface area contributed by atoms with E-state index >= 15 is 0 Å². The predicted molar refractivity (Wildman–Crippen MR) is 193 cm³/mol. The molecule has 0 fully saturated rings. The summed E-state index contributed by atoms with van der Waals surface area (Å²) in [7, 11) is 0. The van der Waals surface area contributed by atoms with Gasteiger partial charge in [-0.15, -0.1) is 48.0 Å². The number of hydrogen-bond acceptors (Lipinski definition) is 1. The van der Waals surface area contributed by atoms with Crippen LogP contribution in [0.4, 0.5) is 0 Å². The van der Waals surface area contributed by atoms with Gasteiger partial charge >= 0.3 is 0 Å². The summed E-state index contributed by atoms with van der Waals surface area (Å²) in [4.78, 5) is 4.60. The van der Waals surface area contributed by atoms with E-state index in [9.17, 15) is 0 Å². The van der Waals surface area contributed by atoms with Crippen molar-refractivity contribution in [1.29, 1.82) is 0 Å². The number of aromatic nitrogens is 4. The molecule has 2 heterocycles. The van der Waals surface area contributed by atoms with Crippen LogP contribution < -0.4 is 0 Å². The van der Waals surface area contributed by atoms with Gasteiger partial charge in [0.2, 0.25) is 0 Å². The smallest absolute Gasteiger partial charge is 0.168 e. The molecule has 0 atom stereocenters. The van der Waals surface area contributed by atoms with Crippen LogP contribution in [-0.4, -0.2) is 18.7 Å². The molecule has 0 saturated heterocycles. The molecule has 0 amide bonds. The van der Waals surface area contributed by atoms with E-state index in [1.165, 1.54) is 27.8 Å². The number of hydrogen-bond donors (Lipinski definition) is 0. The molecule has 250 valence electrons. The molecule has 0 aliphatic rings. The Morgan fingerprint density at radius 1 is 0.604 bits per heavy atom. The van der Waals surface area contributed by atoms with Crippen molar-refractivity contribution in [3.05, 3.63) is 163 Å². The first kappa shape index (κ1) is 38.5. The summed E-state index contributed by atoms with van der Waals surface area (Å²) in [6.45, 7) is 13.0. The maximum atomic E-state index is 4.60. The minimum absolute atomic E-state index is 0. The summed E-state index contributed by atoms with van der Waals surface area (Å²) in [5.74, 6) is 1.86. The summed E-state index contributed by atoms with van der Waals surface area (Å²) in [6, 6.07) is 48.1. The predicted octanol–water partition coefficient (Wildman–Crippen LogP) is 11.1. The van der Waals surface area contributed by atoms with Crippen molar-refractivity contribution in [2.75, 3.05) is 0 Å². The van der Waals surface area contributed by atoms with Crippen LogP contribution in [0, 0.1) is 12.1 Å². The average molecular weight is 988 g/mol. The van der Waals surface area contributed by atoms with Crippen LogP contribution in [-0.2, 0) is 40.2 Å². The van der Waals surface area contributed by atoms with Crippen LogP contribution in [0.3, 0.4) is 0 Å². The fourth-order valence-corrected chi connectivity index (χ4v) is 5.64. The zero-order valence-corrected chi connectivity index (χ0v) is 33.2. The molecule has 0 aliphatic heterocycles. The van der Waals surface area contributed by atoms with Crippen molar-refractivity contribution < 1.29 is 40.2 Å². The van der Waals surface area contributed by atoms with Gasteiger partial charge in [0, 0.05) is 76.1 Å². The first-order chi connectivity index (χ1) is 22.5. The van der Waals surface area contributed by atoms with E-state index in [0.29, 0.717) is 11.8 Å². The molecule has 0 saturated carbocycles. The molecule has 0 bridgehead atoms. The topological polar surface area (TPSA) is 27.7 Å². The van der Waals surface area contributed by atoms with E-state index < -0.39 is 0 Å². The number of fused-ring (bicyclic) bond motifs is 1. The van der Waals surface area contributed by atoms with Gasteiger partial charge in [-0.2, -0.15) is 22.8 Å². The fourth-order valence-electron chi connectivity index (χ4n) is 5.64. The first-order valence-corrected chi connectivity index (χ1v) is 16.2. The quantitative estimate of drug-likeness (QED) is 0.153. The van der Waals surface area contributed by atoms with Crippen molar-refractivity contribution in [3.8, 4) is 28.5 Å². The fraction of sp³-hybridized carbons (Fsp3) is 0.190. The first-order valence-electron chi connectivity index (χ1n) is 16.2. The van der Waals surface area contributed by atoms with Gasteiger partial charge in [-0.25, -0.2) is 4.57 Å². The van der Waals surface area contributed by atoms with Crippen molar-refractivity contribution in [2.45, 2.75) is 53.4 Å². The number of nitrogens with zero attached hydrogens (tertiary/aromatic N) is 4. The second-order valence-electron chi connectivity index (χ2n) is 11.4. The van der Waals surface area contributed by atoms with E-state index in [-0.39, 0.29) is 40.2 Å². The zero-order chi connectivity index (χ0) is 32.5. The number of imidazole rings is 2. The summed E-state index contributed by atoms with van der Waals surface area (Å²) in [5, 5.41) is 0. The van der Waals surface area contributed by atoms with Gasteiger partial charge in [-0.3, -0.25) is 4.98 Å². The van der Waals surface area contributed by atoms with Gasteiger partial charge in [0.15, 0.2) is 17.4 Å². The van der Waals surface area contributed by atoms with Gasteiger partial charge in [0.05, 0.1) is 5.82 Å². The maximum absolute atomic E-state index is 4.60. The van der Waals surface area contributed by atoms with Gasteiger partial charge in [0.1, 0.15) is 5.69 Å². The Balaban J connectivity index is 0.000000239. The molecule has 0 spiro atoms. The van der Waals surface area contributed by atoms with Crippen molar-refractivity contribution in [1.82, 2.24) is 18.7 Å². The molecule has 7 rings (SSSR count). The van der Waals surface area contributed by atoms with Crippen LogP contribution in [0.25, 0.3) is 39.5 Å². The third kappa shape index (κ3) is 8.56. The normalized spacial score (nSPS) is 10.3. The van der Waals surface area contributed by atoms with Gasteiger partial charge in [-0.05, 0) is 35.1 Å². The van der Waals surface area contributed by atoms with Gasteiger partial charge in [-0.1, -0.05) is 90.1 Å². The molecule has 7 aromatic rings. The van der Waals surface area contributed by atoms with Crippen molar-refractivity contribution >= 4 is 11.0 Å². The van der Waals surface area contributed by atoms with Crippen LogP contribution in [0.5, 0.6) is 0 Å². The van der Waals surface area contributed by atoms with Crippen LogP contribution in [0.2, 0.25) is 0 Å². The van der Waals surface area contributed by atoms with E-state index in [4.69, 9.17) is 0 Å². The number of rotatable bonds is 6. The molecule has 0 aliphatic carbocycles. The molecule has 2 radical (unpaired) electrons. The maximum Gasteiger partial charge on any atom is 0.168 e. The standard InChI is InChI=1S/C21H23N2.C19H14N2.C2H6.2Ir/c1-15(2)18-11-8-12-19(16(3)4)20(18)23-14-13-22-21(23)17-9-6-5-7-10-17;1-3-9-16(10-4-1)20-15-21(17-11-5-2-6-12-17)19-14-8-7-13-18(19)20;1-2;;/h5-9,11-16H,1-4H3;1-11,13-15H;1-2H3;;/q-1;;;;. The average Bonchev–Trinajstić information content (AvgIpc) is 3.76. The molecule has 0 N–H and O–H groups in total. The third-order valence-corrected chi connectivity index (χ3v) is 7.79.